The molecule has 2 aromatic rings. The Morgan fingerprint density at radius 3 is 2.58 bits per heavy atom. The molecule has 2 rings (SSSR count). The van der Waals surface area contributed by atoms with E-state index >= 15 is 0 Å². The van der Waals surface area contributed by atoms with E-state index in [9.17, 15) is 0 Å². The normalized spacial score (nSPS) is 10.0. The second-order valence-corrected chi connectivity index (χ2v) is 3.75. The van der Waals surface area contributed by atoms with Crippen LogP contribution in [0.5, 0.6) is 0 Å². The van der Waals surface area contributed by atoms with Crippen LogP contribution in [0.3, 0.4) is 0 Å². The summed E-state index contributed by atoms with van der Waals surface area (Å²) in [6, 6.07) is 9.92. The van der Waals surface area contributed by atoms with Gasteiger partial charge in [-0.2, -0.15) is 0 Å². The molecule has 12 heavy (non-hydrogen) atoms. The molecule has 60 valence electrons. The molecule has 0 aliphatic carbocycles. The molecule has 0 bridgehead atoms. The van der Waals surface area contributed by atoms with Crippen LogP contribution in [0.2, 0.25) is 0 Å². The lowest BCUT2D eigenvalue weighted by molar-refractivity contribution is -0.656. The van der Waals surface area contributed by atoms with Crippen molar-refractivity contribution in [3.8, 4) is 5.69 Å². The summed E-state index contributed by atoms with van der Waals surface area (Å²) in [7, 11) is 0. The minimum atomic E-state index is 0.666. The Bertz CT molecular complexity index is 370. The predicted octanol–water partition coefficient (Wildman–Crippen LogP) is 1.33. The van der Waals surface area contributed by atoms with Gasteiger partial charge in [0.15, 0.2) is 5.51 Å². The number of hydrogen-bond donors (Lipinski definition) is 0. The first-order valence-corrected chi connectivity index (χ1v) is 4.75. The molecular weight excluding hydrogens is 188 g/mol. The largest absolute Gasteiger partial charge is 0.402 e. The SMILES string of the molecule is [S-]c1n[n+](-c2ccccc2)cs1. The van der Waals surface area contributed by atoms with E-state index in [-0.39, 0.29) is 0 Å². The van der Waals surface area contributed by atoms with Crippen LogP contribution in [-0.2, 0) is 12.6 Å². The fourth-order valence-corrected chi connectivity index (χ4v) is 1.64. The van der Waals surface area contributed by atoms with Gasteiger partial charge in [0.25, 0.3) is 0 Å². The predicted molar refractivity (Wildman–Crippen MR) is 49.3 cm³/mol. The maximum atomic E-state index is 4.92. The van der Waals surface area contributed by atoms with Crippen LogP contribution in [-0.4, -0.2) is 5.10 Å². The molecule has 0 unspecified atom stereocenters. The molecule has 2 nitrogen and oxygen atoms in total. The molecule has 1 aromatic carbocycles. The lowest BCUT2D eigenvalue weighted by Crippen LogP contribution is -2.31. The highest BCUT2D eigenvalue weighted by atomic mass is 32.2. The molecule has 0 amide bonds. The smallest absolute Gasteiger partial charge is 0.237 e. The van der Waals surface area contributed by atoms with E-state index in [1.54, 1.807) is 4.68 Å². The van der Waals surface area contributed by atoms with E-state index in [1.807, 2.05) is 35.8 Å². The van der Waals surface area contributed by atoms with Gasteiger partial charge < -0.3 is 12.6 Å². The van der Waals surface area contributed by atoms with E-state index in [2.05, 4.69) is 5.10 Å². The van der Waals surface area contributed by atoms with Gasteiger partial charge in [0.2, 0.25) is 5.69 Å². The second-order valence-electron chi connectivity index (χ2n) is 2.27. The first kappa shape index (κ1) is 7.64. The van der Waals surface area contributed by atoms with Crippen molar-refractivity contribution in [1.82, 2.24) is 5.10 Å². The average Bonchev–Trinajstić information content (AvgIpc) is 2.54. The quantitative estimate of drug-likeness (QED) is 0.503. The van der Waals surface area contributed by atoms with Crippen LogP contribution in [0, 0.1) is 0 Å². The molecule has 0 saturated carbocycles. The molecule has 0 atom stereocenters. The third-order valence-corrected chi connectivity index (χ3v) is 2.42. The maximum Gasteiger partial charge on any atom is 0.237 e. The summed E-state index contributed by atoms with van der Waals surface area (Å²) in [5, 5.41) is 4.13. The van der Waals surface area contributed by atoms with Gasteiger partial charge in [0.1, 0.15) is 0 Å². The van der Waals surface area contributed by atoms with Gasteiger partial charge >= 0.3 is 0 Å². The molecule has 0 aliphatic heterocycles. The van der Waals surface area contributed by atoms with Crippen molar-refractivity contribution in [2.24, 2.45) is 0 Å². The molecule has 0 fully saturated rings. The highest BCUT2D eigenvalue weighted by Gasteiger charge is 2.03. The van der Waals surface area contributed by atoms with Gasteiger partial charge in [-0.1, -0.05) is 22.9 Å². The Kier molecular flexibility index (Phi) is 2.01. The van der Waals surface area contributed by atoms with Crippen LogP contribution < -0.4 is 4.68 Å². The summed E-state index contributed by atoms with van der Waals surface area (Å²) in [6.07, 6.45) is 0. The van der Waals surface area contributed by atoms with E-state index in [0.29, 0.717) is 4.34 Å². The molecule has 1 aromatic heterocycles. The van der Waals surface area contributed by atoms with Gasteiger partial charge in [-0.25, -0.2) is 0 Å². The first-order chi connectivity index (χ1) is 5.86. The number of para-hydroxylation sites is 1. The number of nitrogens with zero attached hydrogens (tertiary/aromatic N) is 2. The lowest BCUT2D eigenvalue weighted by atomic mass is 10.3. The number of rotatable bonds is 1. The summed E-state index contributed by atoms with van der Waals surface area (Å²) >= 11 is 6.39. The summed E-state index contributed by atoms with van der Waals surface area (Å²) in [5.41, 5.74) is 2.95. The van der Waals surface area contributed by atoms with Crippen molar-refractivity contribution in [1.29, 1.82) is 0 Å². The summed E-state index contributed by atoms with van der Waals surface area (Å²) in [6.45, 7) is 0. The zero-order valence-electron chi connectivity index (χ0n) is 6.18. The van der Waals surface area contributed by atoms with Crippen LogP contribution in [0.25, 0.3) is 5.69 Å². The number of hydrogen-bond acceptors (Lipinski definition) is 3. The van der Waals surface area contributed by atoms with Crippen LogP contribution >= 0.6 is 11.3 Å². The van der Waals surface area contributed by atoms with Crippen molar-refractivity contribution in [3.63, 3.8) is 0 Å². The van der Waals surface area contributed by atoms with Crippen molar-refractivity contribution < 1.29 is 4.68 Å². The van der Waals surface area contributed by atoms with Crippen molar-refractivity contribution >= 4 is 24.0 Å². The van der Waals surface area contributed by atoms with Crippen molar-refractivity contribution in [3.05, 3.63) is 35.8 Å². The molecule has 0 N–H and O–H groups in total. The Morgan fingerprint density at radius 2 is 2.00 bits per heavy atom. The first-order valence-electron chi connectivity index (χ1n) is 3.46. The summed E-state index contributed by atoms with van der Waals surface area (Å²) in [4.78, 5) is 0. The fraction of sp³-hybridized carbons (Fsp3) is 0. The number of benzene rings is 1. The average molecular weight is 194 g/mol. The van der Waals surface area contributed by atoms with E-state index in [4.69, 9.17) is 12.6 Å². The van der Waals surface area contributed by atoms with E-state index in [1.165, 1.54) is 11.3 Å². The molecule has 1 heterocycles. The third-order valence-electron chi connectivity index (χ3n) is 1.46. The lowest BCUT2D eigenvalue weighted by Gasteiger charge is -1.86. The van der Waals surface area contributed by atoms with Crippen LogP contribution in [0.4, 0.5) is 0 Å². The van der Waals surface area contributed by atoms with Crippen LogP contribution in [0.1, 0.15) is 0 Å². The molecule has 0 radical (unpaired) electrons. The summed E-state index contributed by atoms with van der Waals surface area (Å²) in [5.74, 6) is 0. The molecule has 0 aliphatic rings. The van der Waals surface area contributed by atoms with Gasteiger partial charge in [-0.15, -0.1) is 0 Å². The maximum absolute atomic E-state index is 4.92. The van der Waals surface area contributed by atoms with Gasteiger partial charge in [0, 0.05) is 16.5 Å². The minimum Gasteiger partial charge on any atom is -0.402 e. The molecule has 4 heteroatoms. The number of aromatic nitrogens is 2. The van der Waals surface area contributed by atoms with Gasteiger partial charge in [-0.3, -0.25) is 11.3 Å². The monoisotopic (exact) mass is 194 g/mol. The fourth-order valence-electron chi connectivity index (χ4n) is 0.929. The third kappa shape index (κ3) is 1.44. The van der Waals surface area contributed by atoms with E-state index < -0.39 is 0 Å². The molecular formula is C8H6N2S2. The highest BCUT2D eigenvalue weighted by Crippen LogP contribution is 2.01. The summed E-state index contributed by atoms with van der Waals surface area (Å²) < 4.78 is 2.45. The zero-order chi connectivity index (χ0) is 8.39. The van der Waals surface area contributed by atoms with Crippen LogP contribution in [0.15, 0.2) is 40.2 Å². The van der Waals surface area contributed by atoms with Crippen molar-refractivity contribution in [2.75, 3.05) is 0 Å². The zero-order valence-corrected chi connectivity index (χ0v) is 7.81. The Labute approximate surface area is 79.9 Å². The topological polar surface area (TPSA) is 16.8 Å². The highest BCUT2D eigenvalue weighted by molar-refractivity contribution is 7.62. The van der Waals surface area contributed by atoms with Crippen molar-refractivity contribution in [2.45, 2.75) is 4.34 Å². The Morgan fingerprint density at radius 1 is 1.25 bits per heavy atom. The standard InChI is InChI=1S/C8H6N2S2/c11-8-9-10(6-12-8)7-4-2-1-3-5-7/h1-6H. The van der Waals surface area contributed by atoms with Gasteiger partial charge in [-0.05, 0) is 5.10 Å². The minimum absolute atomic E-state index is 0.666. The van der Waals surface area contributed by atoms with E-state index in [0.717, 1.165) is 5.69 Å². The molecule has 0 spiro atoms. The van der Waals surface area contributed by atoms with Gasteiger partial charge in [0.05, 0.1) is 0 Å². The Balaban J connectivity index is 2.45. The Hall–Kier alpha value is -1.00. The second kappa shape index (κ2) is 3.16. The molecule has 0 saturated heterocycles.